The standard InChI is InChI=1S/C7H15NO.ClH/c1-9-6-7(2-3-7)4-5-8;/h2-6,8H2,1H3;1H. The van der Waals surface area contributed by atoms with Crippen LogP contribution in [0.1, 0.15) is 19.3 Å². The lowest BCUT2D eigenvalue weighted by atomic mass is 10.0. The van der Waals surface area contributed by atoms with E-state index >= 15 is 0 Å². The third-order valence-corrected chi connectivity index (χ3v) is 2.08. The van der Waals surface area contributed by atoms with Crippen LogP contribution < -0.4 is 5.73 Å². The van der Waals surface area contributed by atoms with Gasteiger partial charge in [-0.3, -0.25) is 0 Å². The summed E-state index contributed by atoms with van der Waals surface area (Å²) in [7, 11) is 1.76. The molecule has 10 heavy (non-hydrogen) atoms. The van der Waals surface area contributed by atoms with Crippen molar-refractivity contribution in [1.82, 2.24) is 0 Å². The molecule has 0 amide bonds. The predicted octanol–water partition coefficient (Wildman–Crippen LogP) is 1.18. The zero-order chi connectivity index (χ0) is 6.74. The minimum Gasteiger partial charge on any atom is -0.384 e. The largest absolute Gasteiger partial charge is 0.384 e. The van der Waals surface area contributed by atoms with Crippen LogP contribution in [0.5, 0.6) is 0 Å². The van der Waals surface area contributed by atoms with Gasteiger partial charge in [0.1, 0.15) is 0 Å². The number of halogens is 1. The van der Waals surface area contributed by atoms with Crippen LogP contribution in [-0.2, 0) is 4.74 Å². The maximum Gasteiger partial charge on any atom is 0.0519 e. The topological polar surface area (TPSA) is 35.2 Å². The number of methoxy groups -OCH3 is 1. The zero-order valence-electron chi connectivity index (χ0n) is 6.43. The van der Waals surface area contributed by atoms with E-state index in [-0.39, 0.29) is 12.4 Å². The Morgan fingerprint density at radius 3 is 2.40 bits per heavy atom. The van der Waals surface area contributed by atoms with E-state index in [1.807, 2.05) is 0 Å². The van der Waals surface area contributed by atoms with E-state index in [4.69, 9.17) is 10.5 Å². The van der Waals surface area contributed by atoms with Crippen molar-refractivity contribution in [2.75, 3.05) is 20.3 Å². The van der Waals surface area contributed by atoms with Gasteiger partial charge in [-0.2, -0.15) is 0 Å². The summed E-state index contributed by atoms with van der Waals surface area (Å²) in [4.78, 5) is 0. The lowest BCUT2D eigenvalue weighted by Crippen LogP contribution is -2.14. The van der Waals surface area contributed by atoms with Gasteiger partial charge in [-0.05, 0) is 31.2 Å². The molecule has 0 aromatic carbocycles. The summed E-state index contributed by atoms with van der Waals surface area (Å²) in [5, 5.41) is 0. The van der Waals surface area contributed by atoms with Crippen LogP contribution in [0.3, 0.4) is 0 Å². The number of hydrogen-bond acceptors (Lipinski definition) is 2. The smallest absolute Gasteiger partial charge is 0.0519 e. The van der Waals surface area contributed by atoms with E-state index in [1.165, 1.54) is 12.8 Å². The molecular weight excluding hydrogens is 150 g/mol. The van der Waals surface area contributed by atoms with E-state index in [2.05, 4.69) is 0 Å². The third-order valence-electron chi connectivity index (χ3n) is 2.08. The van der Waals surface area contributed by atoms with Crippen molar-refractivity contribution in [2.45, 2.75) is 19.3 Å². The Labute approximate surface area is 68.5 Å². The monoisotopic (exact) mass is 165 g/mol. The highest BCUT2D eigenvalue weighted by molar-refractivity contribution is 5.85. The molecule has 62 valence electrons. The third kappa shape index (κ3) is 2.45. The van der Waals surface area contributed by atoms with Gasteiger partial charge in [0.2, 0.25) is 0 Å². The van der Waals surface area contributed by atoms with E-state index < -0.39 is 0 Å². The zero-order valence-corrected chi connectivity index (χ0v) is 7.25. The van der Waals surface area contributed by atoms with E-state index in [1.54, 1.807) is 7.11 Å². The Bertz CT molecular complexity index is 85.6. The molecule has 0 radical (unpaired) electrons. The van der Waals surface area contributed by atoms with Gasteiger partial charge in [0.15, 0.2) is 0 Å². The van der Waals surface area contributed by atoms with Crippen LogP contribution in [0.2, 0.25) is 0 Å². The molecule has 0 bridgehead atoms. The minimum absolute atomic E-state index is 0. The summed E-state index contributed by atoms with van der Waals surface area (Å²) in [5.74, 6) is 0. The maximum atomic E-state index is 5.43. The molecule has 0 aliphatic heterocycles. The predicted molar refractivity (Wildman–Crippen MR) is 44.5 cm³/mol. The second-order valence-corrected chi connectivity index (χ2v) is 2.97. The number of hydrogen-bond donors (Lipinski definition) is 1. The Hall–Kier alpha value is 0.210. The average Bonchev–Trinajstić information content (AvgIpc) is 2.51. The number of ether oxygens (including phenoxy) is 1. The van der Waals surface area contributed by atoms with Gasteiger partial charge in [0.05, 0.1) is 6.61 Å². The van der Waals surface area contributed by atoms with Crippen LogP contribution in [0.25, 0.3) is 0 Å². The molecule has 1 aliphatic carbocycles. The van der Waals surface area contributed by atoms with E-state index in [9.17, 15) is 0 Å². The maximum absolute atomic E-state index is 5.43. The number of rotatable bonds is 4. The molecular formula is C7H16ClNO. The average molecular weight is 166 g/mol. The normalized spacial score (nSPS) is 19.8. The second kappa shape index (κ2) is 4.16. The van der Waals surface area contributed by atoms with Gasteiger partial charge in [-0.1, -0.05) is 0 Å². The molecule has 0 saturated heterocycles. The highest BCUT2D eigenvalue weighted by Gasteiger charge is 2.41. The fraction of sp³-hybridized carbons (Fsp3) is 1.00. The molecule has 1 aliphatic rings. The van der Waals surface area contributed by atoms with Crippen LogP contribution in [0.15, 0.2) is 0 Å². The summed E-state index contributed by atoms with van der Waals surface area (Å²) in [6.07, 6.45) is 3.77. The second-order valence-electron chi connectivity index (χ2n) is 2.97. The van der Waals surface area contributed by atoms with Crippen LogP contribution in [0.4, 0.5) is 0 Å². The molecule has 2 N–H and O–H groups in total. The molecule has 1 saturated carbocycles. The van der Waals surface area contributed by atoms with E-state index in [0.717, 1.165) is 19.6 Å². The lowest BCUT2D eigenvalue weighted by molar-refractivity contribution is 0.137. The van der Waals surface area contributed by atoms with Crippen molar-refractivity contribution < 1.29 is 4.74 Å². The van der Waals surface area contributed by atoms with Crippen molar-refractivity contribution in [3.05, 3.63) is 0 Å². The summed E-state index contributed by atoms with van der Waals surface area (Å²) < 4.78 is 5.07. The SMILES string of the molecule is COCC1(CCN)CC1.Cl. The Balaban J connectivity index is 0.000000810. The van der Waals surface area contributed by atoms with Gasteiger partial charge in [0.25, 0.3) is 0 Å². The Morgan fingerprint density at radius 1 is 1.50 bits per heavy atom. The summed E-state index contributed by atoms with van der Waals surface area (Å²) in [6, 6.07) is 0. The first-order valence-corrected chi connectivity index (χ1v) is 3.52. The van der Waals surface area contributed by atoms with E-state index in [0.29, 0.717) is 5.41 Å². The van der Waals surface area contributed by atoms with Crippen molar-refractivity contribution in [2.24, 2.45) is 11.1 Å². The quantitative estimate of drug-likeness (QED) is 0.679. The summed E-state index contributed by atoms with van der Waals surface area (Å²) in [5.41, 5.74) is 5.93. The highest BCUT2D eigenvalue weighted by atomic mass is 35.5. The summed E-state index contributed by atoms with van der Waals surface area (Å²) in [6.45, 7) is 1.72. The van der Waals surface area contributed by atoms with Crippen LogP contribution >= 0.6 is 12.4 Å². The van der Waals surface area contributed by atoms with Crippen LogP contribution in [-0.4, -0.2) is 20.3 Å². The molecule has 0 spiro atoms. The van der Waals surface area contributed by atoms with Gasteiger partial charge < -0.3 is 10.5 Å². The summed E-state index contributed by atoms with van der Waals surface area (Å²) >= 11 is 0. The molecule has 0 heterocycles. The molecule has 0 aromatic rings. The van der Waals surface area contributed by atoms with Gasteiger partial charge >= 0.3 is 0 Å². The molecule has 0 atom stereocenters. The minimum atomic E-state index is 0. The Kier molecular flexibility index (Phi) is 4.25. The molecule has 0 unspecified atom stereocenters. The number of nitrogens with two attached hydrogens (primary N) is 1. The van der Waals surface area contributed by atoms with Crippen molar-refractivity contribution in [3.63, 3.8) is 0 Å². The highest BCUT2D eigenvalue weighted by Crippen LogP contribution is 2.48. The fourth-order valence-electron chi connectivity index (χ4n) is 1.26. The van der Waals surface area contributed by atoms with Gasteiger partial charge in [0, 0.05) is 7.11 Å². The Morgan fingerprint density at radius 2 is 2.10 bits per heavy atom. The fourth-order valence-corrected chi connectivity index (χ4v) is 1.26. The lowest BCUT2D eigenvalue weighted by Gasteiger charge is -2.10. The molecule has 1 rings (SSSR count). The first kappa shape index (κ1) is 10.2. The first-order valence-electron chi connectivity index (χ1n) is 3.52. The molecule has 0 aromatic heterocycles. The van der Waals surface area contributed by atoms with Crippen molar-refractivity contribution >= 4 is 12.4 Å². The molecule has 3 heteroatoms. The van der Waals surface area contributed by atoms with Gasteiger partial charge in [-0.15, -0.1) is 12.4 Å². The first-order chi connectivity index (χ1) is 4.33. The molecule has 2 nitrogen and oxygen atoms in total. The van der Waals surface area contributed by atoms with Crippen LogP contribution in [0, 0.1) is 5.41 Å². The van der Waals surface area contributed by atoms with Gasteiger partial charge in [-0.25, -0.2) is 0 Å². The molecule has 1 fully saturated rings. The van der Waals surface area contributed by atoms with Crippen molar-refractivity contribution in [3.8, 4) is 0 Å². The van der Waals surface area contributed by atoms with Crippen molar-refractivity contribution in [1.29, 1.82) is 0 Å².